The highest BCUT2D eigenvalue weighted by molar-refractivity contribution is 6.13. The summed E-state index contributed by atoms with van der Waals surface area (Å²) in [6.45, 7) is 7.14. The average Bonchev–Trinajstić information content (AvgIpc) is 3.49. The van der Waals surface area contributed by atoms with Gasteiger partial charge >= 0.3 is 0 Å². The molecular formula is C22H32N2O2. The van der Waals surface area contributed by atoms with Crippen LogP contribution in [0.3, 0.4) is 0 Å². The van der Waals surface area contributed by atoms with Gasteiger partial charge < -0.3 is 10.2 Å². The molecular weight excluding hydrogens is 324 g/mol. The van der Waals surface area contributed by atoms with Crippen LogP contribution < -0.4 is 5.32 Å². The van der Waals surface area contributed by atoms with Gasteiger partial charge in [-0.25, -0.2) is 0 Å². The Morgan fingerprint density at radius 3 is 2.31 bits per heavy atom. The first kappa shape index (κ1) is 18.9. The lowest BCUT2D eigenvalue weighted by Gasteiger charge is -2.37. The van der Waals surface area contributed by atoms with Crippen LogP contribution in [0.15, 0.2) is 18.2 Å². The van der Waals surface area contributed by atoms with Gasteiger partial charge in [-0.05, 0) is 62.5 Å². The summed E-state index contributed by atoms with van der Waals surface area (Å²) < 4.78 is 0. The number of rotatable bonds is 6. The Hall–Kier alpha value is -1.84. The smallest absolute Gasteiger partial charge is 0.240 e. The molecule has 0 bridgehead atoms. The summed E-state index contributed by atoms with van der Waals surface area (Å²) in [6.07, 6.45) is 7.38. The van der Waals surface area contributed by atoms with Gasteiger partial charge in [0.05, 0.1) is 0 Å². The number of amides is 2. The first-order valence-corrected chi connectivity index (χ1v) is 10.3. The van der Waals surface area contributed by atoms with Crippen molar-refractivity contribution < 1.29 is 9.59 Å². The summed E-state index contributed by atoms with van der Waals surface area (Å²) in [7, 11) is 0. The fourth-order valence-corrected chi connectivity index (χ4v) is 4.27. The number of hydrogen-bond acceptors (Lipinski definition) is 2. The van der Waals surface area contributed by atoms with E-state index in [1.807, 2.05) is 11.0 Å². The van der Waals surface area contributed by atoms with E-state index in [4.69, 9.17) is 0 Å². The number of benzene rings is 1. The number of nitrogens with zero attached hydrogens (tertiary/aromatic N) is 1. The Morgan fingerprint density at radius 2 is 1.77 bits per heavy atom. The van der Waals surface area contributed by atoms with E-state index in [0.29, 0.717) is 18.9 Å². The molecule has 0 spiro atoms. The van der Waals surface area contributed by atoms with E-state index < -0.39 is 5.41 Å². The van der Waals surface area contributed by atoms with Crippen molar-refractivity contribution in [3.05, 3.63) is 29.3 Å². The fourth-order valence-electron chi connectivity index (χ4n) is 4.27. The second-order valence-electron chi connectivity index (χ2n) is 7.75. The number of carbonyl (C=O) groups is 2. The number of likely N-dealkylation sites (tertiary alicyclic amines) is 1. The molecule has 1 N–H and O–H groups in total. The highest BCUT2D eigenvalue weighted by Crippen LogP contribution is 2.49. The first-order chi connectivity index (χ1) is 12.6. The highest BCUT2D eigenvalue weighted by atomic mass is 16.2. The minimum Gasteiger partial charge on any atom is -0.339 e. The van der Waals surface area contributed by atoms with Crippen LogP contribution in [0.25, 0.3) is 0 Å². The molecule has 1 aliphatic carbocycles. The van der Waals surface area contributed by atoms with Crippen molar-refractivity contribution in [3.8, 4) is 0 Å². The van der Waals surface area contributed by atoms with Crippen LogP contribution in [0.4, 0.5) is 5.69 Å². The number of anilines is 1. The number of piperidine rings is 1. The second-order valence-corrected chi connectivity index (χ2v) is 7.75. The van der Waals surface area contributed by atoms with E-state index in [1.54, 1.807) is 0 Å². The van der Waals surface area contributed by atoms with Gasteiger partial charge in [-0.1, -0.05) is 39.0 Å². The Labute approximate surface area is 157 Å². The SMILES string of the molecule is CCc1cccc(CC)c1NC(=O)C1(C(=O)N2CCCCC2CC)CC1. The van der Waals surface area contributed by atoms with Gasteiger partial charge in [0.15, 0.2) is 0 Å². The van der Waals surface area contributed by atoms with Crippen LogP contribution in [0, 0.1) is 5.41 Å². The monoisotopic (exact) mass is 356 g/mol. The predicted molar refractivity (Wildman–Crippen MR) is 105 cm³/mol. The van der Waals surface area contributed by atoms with E-state index >= 15 is 0 Å². The van der Waals surface area contributed by atoms with E-state index in [0.717, 1.165) is 55.5 Å². The maximum Gasteiger partial charge on any atom is 0.240 e. The summed E-state index contributed by atoms with van der Waals surface area (Å²) >= 11 is 0. The predicted octanol–water partition coefficient (Wildman–Crippen LogP) is 4.32. The molecule has 1 heterocycles. The van der Waals surface area contributed by atoms with Gasteiger partial charge in [-0.15, -0.1) is 0 Å². The summed E-state index contributed by atoms with van der Waals surface area (Å²) in [5, 5.41) is 3.15. The van der Waals surface area contributed by atoms with Crippen LogP contribution in [-0.4, -0.2) is 29.3 Å². The summed E-state index contributed by atoms with van der Waals surface area (Å²) in [6, 6.07) is 6.47. The first-order valence-electron chi connectivity index (χ1n) is 10.3. The molecule has 3 rings (SSSR count). The van der Waals surface area contributed by atoms with Crippen molar-refractivity contribution in [3.63, 3.8) is 0 Å². The standard InChI is InChI=1S/C22H32N2O2/c1-4-16-10-9-11-17(5-2)19(16)23-20(25)22(13-14-22)21(26)24-15-8-7-12-18(24)6-3/h9-11,18H,4-8,12-15H2,1-3H3,(H,23,25). The van der Waals surface area contributed by atoms with Crippen LogP contribution in [0.2, 0.25) is 0 Å². The van der Waals surface area contributed by atoms with Gasteiger partial charge in [0.25, 0.3) is 0 Å². The van der Waals surface area contributed by atoms with Crippen LogP contribution in [0.1, 0.15) is 70.4 Å². The minimum atomic E-state index is -0.823. The third-order valence-electron chi connectivity index (χ3n) is 6.19. The molecule has 2 aliphatic rings. The molecule has 2 fully saturated rings. The summed E-state index contributed by atoms with van der Waals surface area (Å²) in [5.74, 6) is -0.0351. The highest BCUT2D eigenvalue weighted by Gasteiger charge is 2.58. The molecule has 1 aromatic rings. The Morgan fingerprint density at radius 1 is 1.12 bits per heavy atom. The van der Waals surface area contributed by atoms with Crippen LogP contribution in [-0.2, 0) is 22.4 Å². The molecule has 0 aromatic heterocycles. The Kier molecular flexibility index (Phi) is 5.69. The van der Waals surface area contributed by atoms with Gasteiger partial charge in [-0.2, -0.15) is 0 Å². The number of aryl methyl sites for hydroxylation is 2. The lowest BCUT2D eigenvalue weighted by atomic mass is 9.95. The normalized spacial score (nSPS) is 21.3. The molecule has 2 amide bonds. The molecule has 142 valence electrons. The zero-order valence-corrected chi connectivity index (χ0v) is 16.4. The fraction of sp³-hybridized carbons (Fsp3) is 0.636. The quantitative estimate of drug-likeness (QED) is 0.772. The minimum absolute atomic E-state index is 0.0635. The van der Waals surface area contributed by atoms with E-state index in [9.17, 15) is 9.59 Å². The molecule has 1 atom stereocenters. The largest absolute Gasteiger partial charge is 0.339 e. The average molecular weight is 357 g/mol. The molecule has 26 heavy (non-hydrogen) atoms. The second kappa shape index (κ2) is 7.81. The van der Waals surface area contributed by atoms with Crippen molar-refractivity contribution in [2.45, 2.75) is 78.2 Å². The maximum absolute atomic E-state index is 13.3. The van der Waals surface area contributed by atoms with Crippen LogP contribution >= 0.6 is 0 Å². The topological polar surface area (TPSA) is 49.4 Å². The number of carbonyl (C=O) groups excluding carboxylic acids is 2. The number of nitrogens with one attached hydrogen (secondary N) is 1. The van der Waals surface area contributed by atoms with Crippen molar-refractivity contribution >= 4 is 17.5 Å². The van der Waals surface area contributed by atoms with Gasteiger partial charge in [-0.3, -0.25) is 9.59 Å². The van der Waals surface area contributed by atoms with E-state index in [-0.39, 0.29) is 11.8 Å². The molecule has 1 aliphatic heterocycles. The molecule has 1 saturated carbocycles. The lowest BCUT2D eigenvalue weighted by molar-refractivity contribution is -0.145. The third kappa shape index (κ3) is 3.38. The maximum atomic E-state index is 13.3. The zero-order chi connectivity index (χ0) is 18.7. The molecule has 4 nitrogen and oxygen atoms in total. The third-order valence-corrected chi connectivity index (χ3v) is 6.19. The van der Waals surface area contributed by atoms with Crippen molar-refractivity contribution in [2.75, 3.05) is 11.9 Å². The van der Waals surface area contributed by atoms with Crippen LogP contribution in [0.5, 0.6) is 0 Å². The number of para-hydroxylation sites is 1. The van der Waals surface area contributed by atoms with E-state index in [1.165, 1.54) is 6.42 Å². The van der Waals surface area contributed by atoms with Gasteiger partial charge in [0.2, 0.25) is 11.8 Å². The van der Waals surface area contributed by atoms with Gasteiger partial charge in [0, 0.05) is 18.3 Å². The molecule has 1 aromatic carbocycles. The molecule has 0 radical (unpaired) electrons. The van der Waals surface area contributed by atoms with Gasteiger partial charge in [0.1, 0.15) is 5.41 Å². The Bertz CT molecular complexity index is 656. The van der Waals surface area contributed by atoms with Crippen molar-refractivity contribution in [1.82, 2.24) is 4.90 Å². The summed E-state index contributed by atoms with van der Waals surface area (Å²) in [4.78, 5) is 28.4. The summed E-state index contributed by atoms with van der Waals surface area (Å²) in [5.41, 5.74) is 2.39. The van der Waals surface area contributed by atoms with E-state index in [2.05, 4.69) is 38.2 Å². The van der Waals surface area contributed by atoms with Crippen molar-refractivity contribution in [1.29, 1.82) is 0 Å². The van der Waals surface area contributed by atoms with Crippen molar-refractivity contribution in [2.24, 2.45) is 5.41 Å². The molecule has 1 unspecified atom stereocenters. The molecule has 4 heteroatoms. The zero-order valence-electron chi connectivity index (χ0n) is 16.4. The number of hydrogen-bond donors (Lipinski definition) is 1. The molecule has 1 saturated heterocycles. The lowest BCUT2D eigenvalue weighted by Crippen LogP contribution is -2.49. The Balaban J connectivity index is 1.81.